The van der Waals surface area contributed by atoms with Crippen LogP contribution in [0.15, 0.2) is 36.9 Å². The fourth-order valence-corrected chi connectivity index (χ4v) is 1.42. The second-order valence-corrected chi connectivity index (χ2v) is 3.25. The number of aromatic nitrogens is 3. The fourth-order valence-electron chi connectivity index (χ4n) is 1.42. The molecule has 0 bridgehead atoms. The topological polar surface area (TPSA) is 81.8 Å². The van der Waals surface area contributed by atoms with Crippen molar-refractivity contribution in [2.75, 3.05) is 0 Å². The largest absolute Gasteiger partial charge is 0.364 e. The monoisotopic (exact) mass is 214 g/mol. The number of carbonyl (C=O) groups excluding carboxylic acids is 1. The van der Waals surface area contributed by atoms with Gasteiger partial charge in [-0.15, -0.1) is 0 Å². The highest BCUT2D eigenvalue weighted by atomic mass is 16.1. The van der Waals surface area contributed by atoms with Crippen LogP contribution in [0.25, 0.3) is 0 Å². The molecule has 2 aromatic heterocycles. The summed E-state index contributed by atoms with van der Waals surface area (Å²) in [5.41, 5.74) is 7.05. The second kappa shape index (κ2) is 4.48. The van der Waals surface area contributed by atoms with Gasteiger partial charge in [-0.3, -0.25) is 19.7 Å². The van der Waals surface area contributed by atoms with Crippen LogP contribution in [0.1, 0.15) is 21.7 Å². The highest BCUT2D eigenvalue weighted by Gasteiger charge is 2.09. The Morgan fingerprint density at radius 2 is 2.12 bits per heavy atom. The minimum atomic E-state index is -0.528. The molecule has 0 unspecified atom stereocenters. The van der Waals surface area contributed by atoms with Crippen molar-refractivity contribution < 1.29 is 4.79 Å². The molecule has 0 saturated heterocycles. The van der Waals surface area contributed by atoms with E-state index in [1.54, 1.807) is 30.9 Å². The van der Waals surface area contributed by atoms with Gasteiger partial charge in [-0.1, -0.05) is 6.07 Å². The molecule has 0 aliphatic heterocycles. The molecule has 5 heteroatoms. The van der Waals surface area contributed by atoms with E-state index in [0.29, 0.717) is 6.42 Å². The first-order chi connectivity index (χ1) is 7.77. The minimum Gasteiger partial charge on any atom is -0.364 e. The Balaban J connectivity index is 2.31. The lowest BCUT2D eigenvalue weighted by molar-refractivity contribution is 0.0994. The number of amides is 1. The summed E-state index contributed by atoms with van der Waals surface area (Å²) in [6, 6.07) is 3.57. The van der Waals surface area contributed by atoms with Crippen LogP contribution in [0.3, 0.4) is 0 Å². The van der Waals surface area contributed by atoms with Gasteiger partial charge in [-0.25, -0.2) is 0 Å². The summed E-state index contributed by atoms with van der Waals surface area (Å²) < 4.78 is 0. The van der Waals surface area contributed by atoms with Crippen LogP contribution in [0, 0.1) is 0 Å². The quantitative estimate of drug-likeness (QED) is 0.809. The summed E-state index contributed by atoms with van der Waals surface area (Å²) in [7, 11) is 0. The average Bonchev–Trinajstić information content (AvgIpc) is 2.31. The molecule has 0 aliphatic rings. The maximum Gasteiger partial charge on any atom is 0.267 e. The average molecular weight is 214 g/mol. The molecule has 1 amide bonds. The van der Waals surface area contributed by atoms with Gasteiger partial charge in [-0.05, 0) is 11.6 Å². The zero-order chi connectivity index (χ0) is 11.4. The van der Waals surface area contributed by atoms with E-state index in [4.69, 9.17) is 5.73 Å². The first-order valence-corrected chi connectivity index (χ1v) is 4.76. The lowest BCUT2D eigenvalue weighted by atomic mass is 10.1. The number of primary amides is 1. The van der Waals surface area contributed by atoms with Gasteiger partial charge in [0.05, 0.1) is 5.69 Å². The molecule has 2 heterocycles. The van der Waals surface area contributed by atoms with E-state index in [9.17, 15) is 4.79 Å². The molecule has 0 spiro atoms. The normalized spacial score (nSPS) is 10.0. The van der Waals surface area contributed by atoms with Crippen LogP contribution >= 0.6 is 0 Å². The molecule has 2 N–H and O–H groups in total. The number of nitrogens with two attached hydrogens (primary N) is 1. The van der Waals surface area contributed by atoms with Crippen LogP contribution in [-0.4, -0.2) is 20.9 Å². The first kappa shape index (κ1) is 10.2. The van der Waals surface area contributed by atoms with E-state index in [1.807, 2.05) is 6.07 Å². The SMILES string of the molecule is NC(=O)c1ncccc1Cc1cnccn1. The van der Waals surface area contributed by atoms with E-state index in [-0.39, 0.29) is 5.69 Å². The maximum atomic E-state index is 11.1. The van der Waals surface area contributed by atoms with E-state index < -0.39 is 5.91 Å². The number of pyridine rings is 1. The Bertz CT molecular complexity index is 498. The van der Waals surface area contributed by atoms with Crippen molar-refractivity contribution in [1.82, 2.24) is 15.0 Å². The maximum absolute atomic E-state index is 11.1. The smallest absolute Gasteiger partial charge is 0.267 e. The van der Waals surface area contributed by atoms with E-state index in [2.05, 4.69) is 15.0 Å². The Morgan fingerprint density at radius 1 is 1.25 bits per heavy atom. The lowest BCUT2D eigenvalue weighted by Gasteiger charge is -2.04. The van der Waals surface area contributed by atoms with Gasteiger partial charge >= 0.3 is 0 Å². The second-order valence-electron chi connectivity index (χ2n) is 3.25. The molecule has 0 aromatic carbocycles. The van der Waals surface area contributed by atoms with Crippen molar-refractivity contribution >= 4 is 5.91 Å². The summed E-state index contributed by atoms with van der Waals surface area (Å²) in [6.07, 6.45) is 6.90. The molecule has 16 heavy (non-hydrogen) atoms. The predicted molar refractivity (Wildman–Crippen MR) is 57.6 cm³/mol. The third-order valence-corrected chi connectivity index (χ3v) is 2.11. The minimum absolute atomic E-state index is 0.285. The standard InChI is InChI=1S/C11H10N4O/c12-11(16)10-8(2-1-3-15-10)6-9-7-13-4-5-14-9/h1-5,7H,6H2,(H2,12,16). The summed E-state index contributed by atoms with van der Waals surface area (Å²) >= 11 is 0. The highest BCUT2D eigenvalue weighted by Crippen LogP contribution is 2.09. The van der Waals surface area contributed by atoms with E-state index in [1.165, 1.54) is 0 Å². The molecule has 0 aliphatic carbocycles. The molecule has 5 nitrogen and oxygen atoms in total. The van der Waals surface area contributed by atoms with Crippen LogP contribution in [0.4, 0.5) is 0 Å². The van der Waals surface area contributed by atoms with Gasteiger partial charge in [-0.2, -0.15) is 0 Å². The summed E-state index contributed by atoms with van der Waals surface area (Å²) in [5, 5.41) is 0. The number of rotatable bonds is 3. The van der Waals surface area contributed by atoms with Gasteiger partial charge in [0.25, 0.3) is 5.91 Å². The lowest BCUT2D eigenvalue weighted by Crippen LogP contribution is -2.16. The first-order valence-electron chi connectivity index (χ1n) is 4.76. The van der Waals surface area contributed by atoms with Crippen molar-refractivity contribution in [2.45, 2.75) is 6.42 Å². The van der Waals surface area contributed by atoms with Crippen LogP contribution in [-0.2, 0) is 6.42 Å². The van der Waals surface area contributed by atoms with Crippen molar-refractivity contribution in [2.24, 2.45) is 5.73 Å². The van der Waals surface area contributed by atoms with Gasteiger partial charge in [0.1, 0.15) is 5.69 Å². The summed E-state index contributed by atoms with van der Waals surface area (Å²) in [4.78, 5) is 23.2. The fraction of sp³-hybridized carbons (Fsp3) is 0.0909. The number of nitrogens with zero attached hydrogens (tertiary/aromatic N) is 3. The van der Waals surface area contributed by atoms with Crippen molar-refractivity contribution in [3.05, 3.63) is 53.9 Å². The van der Waals surface area contributed by atoms with Gasteiger partial charge in [0, 0.05) is 31.2 Å². The zero-order valence-corrected chi connectivity index (χ0v) is 8.50. The Hall–Kier alpha value is -2.30. The van der Waals surface area contributed by atoms with Gasteiger partial charge in [0.2, 0.25) is 0 Å². The molecule has 0 fully saturated rings. The molecule has 0 saturated carbocycles. The van der Waals surface area contributed by atoms with Gasteiger partial charge in [0.15, 0.2) is 0 Å². The third kappa shape index (κ3) is 2.20. The van der Waals surface area contributed by atoms with E-state index in [0.717, 1.165) is 11.3 Å². The van der Waals surface area contributed by atoms with Crippen LogP contribution < -0.4 is 5.73 Å². The van der Waals surface area contributed by atoms with Crippen molar-refractivity contribution in [1.29, 1.82) is 0 Å². The van der Waals surface area contributed by atoms with Crippen molar-refractivity contribution in [3.8, 4) is 0 Å². The Kier molecular flexibility index (Phi) is 2.86. The molecule has 80 valence electrons. The molecule has 2 aromatic rings. The van der Waals surface area contributed by atoms with Crippen LogP contribution in [0.2, 0.25) is 0 Å². The number of carbonyl (C=O) groups is 1. The molecular weight excluding hydrogens is 204 g/mol. The van der Waals surface area contributed by atoms with E-state index >= 15 is 0 Å². The molecular formula is C11H10N4O. The zero-order valence-electron chi connectivity index (χ0n) is 8.50. The molecule has 0 radical (unpaired) electrons. The Morgan fingerprint density at radius 3 is 2.81 bits per heavy atom. The third-order valence-electron chi connectivity index (χ3n) is 2.11. The van der Waals surface area contributed by atoms with Crippen molar-refractivity contribution in [3.63, 3.8) is 0 Å². The van der Waals surface area contributed by atoms with Crippen LogP contribution in [0.5, 0.6) is 0 Å². The molecule has 2 rings (SSSR count). The number of hydrogen-bond donors (Lipinski definition) is 1. The Labute approximate surface area is 92.4 Å². The van der Waals surface area contributed by atoms with Gasteiger partial charge < -0.3 is 5.73 Å². The number of hydrogen-bond acceptors (Lipinski definition) is 4. The summed E-state index contributed by atoms with van der Waals surface area (Å²) in [5.74, 6) is -0.528. The highest BCUT2D eigenvalue weighted by molar-refractivity contribution is 5.92. The molecule has 0 atom stereocenters. The summed E-state index contributed by atoms with van der Waals surface area (Å²) in [6.45, 7) is 0. The predicted octanol–water partition coefficient (Wildman–Crippen LogP) is 0.561.